The minimum Gasteiger partial charge on any atom is -0.465 e. The van der Waals surface area contributed by atoms with E-state index in [9.17, 15) is 22.8 Å². The summed E-state index contributed by atoms with van der Waals surface area (Å²) in [6, 6.07) is 5.74. The molecular formula is C17H19F3N4O3. The van der Waals surface area contributed by atoms with Crippen LogP contribution in [0.25, 0.3) is 0 Å². The van der Waals surface area contributed by atoms with Gasteiger partial charge in [0.25, 0.3) is 0 Å². The van der Waals surface area contributed by atoms with Crippen molar-refractivity contribution < 1.29 is 27.5 Å². The van der Waals surface area contributed by atoms with Crippen molar-refractivity contribution in [1.29, 1.82) is 0 Å². The molecule has 146 valence electrons. The summed E-state index contributed by atoms with van der Waals surface area (Å²) in [5.41, 5.74) is -0.103. The van der Waals surface area contributed by atoms with Crippen molar-refractivity contribution in [2.75, 3.05) is 20.2 Å². The topological polar surface area (TPSA) is 83.0 Å². The predicted molar refractivity (Wildman–Crippen MR) is 89.8 cm³/mol. The first-order valence-corrected chi connectivity index (χ1v) is 8.36. The summed E-state index contributed by atoms with van der Waals surface area (Å²) in [7, 11) is 1.26. The maximum absolute atomic E-state index is 13.3. The van der Waals surface area contributed by atoms with Crippen LogP contribution in [0, 0.1) is 5.92 Å². The van der Waals surface area contributed by atoms with Gasteiger partial charge in [-0.3, -0.25) is 15.1 Å². The van der Waals surface area contributed by atoms with E-state index in [1.165, 1.54) is 24.3 Å². The molecule has 27 heavy (non-hydrogen) atoms. The third kappa shape index (κ3) is 3.75. The third-order valence-corrected chi connectivity index (χ3v) is 4.63. The van der Waals surface area contributed by atoms with Gasteiger partial charge >= 0.3 is 12.1 Å². The Morgan fingerprint density at radius 1 is 1.33 bits per heavy atom. The quantitative estimate of drug-likeness (QED) is 0.768. The smallest absolute Gasteiger partial charge is 0.432 e. The molecule has 0 radical (unpaired) electrons. The summed E-state index contributed by atoms with van der Waals surface area (Å²) in [5.74, 6) is -2.69. The van der Waals surface area contributed by atoms with Gasteiger partial charge in [-0.05, 0) is 24.6 Å². The minimum atomic E-state index is -4.68. The zero-order chi connectivity index (χ0) is 19.8. The molecule has 2 N–H and O–H groups in total. The van der Waals surface area contributed by atoms with Gasteiger partial charge in [0.2, 0.25) is 5.91 Å². The van der Waals surface area contributed by atoms with E-state index < -0.39 is 41.9 Å². The Bertz CT molecular complexity index is 764. The summed E-state index contributed by atoms with van der Waals surface area (Å²) in [4.78, 5) is 24.1. The van der Waals surface area contributed by atoms with Crippen molar-refractivity contribution in [2.45, 2.75) is 25.3 Å². The molecule has 0 bridgehead atoms. The molecule has 7 nitrogen and oxygen atoms in total. The number of carbonyl (C=O) groups excluding carboxylic acids is 2. The number of rotatable bonds is 4. The standard InChI is InChI=1S/C17H19F3N4O3/c1-9(10-3-5-11(6-4-10)16(26)27-2)22-15(25)12-13(17(18,19)20)23-24-8-7-21-14(12)24/h3-6,9,12,14,21H,7-8H2,1-2H3,(H,22,25)/t9-,12?,14?/m0/s1. The van der Waals surface area contributed by atoms with Gasteiger partial charge in [-0.2, -0.15) is 18.3 Å². The van der Waals surface area contributed by atoms with Crippen LogP contribution in [0.5, 0.6) is 0 Å². The molecule has 0 aromatic heterocycles. The number of amides is 1. The average Bonchev–Trinajstić information content (AvgIpc) is 3.21. The zero-order valence-corrected chi connectivity index (χ0v) is 14.7. The number of ether oxygens (including phenoxy) is 1. The predicted octanol–water partition coefficient (Wildman–Crippen LogP) is 1.43. The van der Waals surface area contributed by atoms with Crippen LogP contribution in [0.4, 0.5) is 13.2 Å². The third-order valence-electron chi connectivity index (χ3n) is 4.63. The number of hydrogen-bond donors (Lipinski definition) is 2. The van der Waals surface area contributed by atoms with Crippen LogP contribution >= 0.6 is 0 Å². The van der Waals surface area contributed by atoms with E-state index in [1.54, 1.807) is 19.1 Å². The number of halogens is 3. The molecule has 1 amide bonds. The van der Waals surface area contributed by atoms with Crippen molar-refractivity contribution in [3.8, 4) is 0 Å². The second-order valence-corrected chi connectivity index (χ2v) is 6.37. The van der Waals surface area contributed by atoms with Gasteiger partial charge in [-0.15, -0.1) is 0 Å². The Kier molecular flexibility index (Phi) is 5.09. The van der Waals surface area contributed by atoms with Crippen LogP contribution in [0.2, 0.25) is 0 Å². The maximum Gasteiger partial charge on any atom is 0.432 e. The lowest BCUT2D eigenvalue weighted by atomic mass is 9.98. The van der Waals surface area contributed by atoms with Crippen molar-refractivity contribution in [3.05, 3.63) is 35.4 Å². The lowest BCUT2D eigenvalue weighted by Crippen LogP contribution is -2.49. The average molecular weight is 384 g/mol. The number of alkyl halides is 3. The monoisotopic (exact) mass is 384 g/mol. The fourth-order valence-corrected chi connectivity index (χ4v) is 3.24. The second kappa shape index (κ2) is 7.18. The highest BCUT2D eigenvalue weighted by Gasteiger charge is 2.54. The number of methoxy groups -OCH3 is 1. The Labute approximate surface area is 153 Å². The van der Waals surface area contributed by atoms with Gasteiger partial charge in [0, 0.05) is 6.54 Å². The molecule has 3 atom stereocenters. The Hall–Kier alpha value is -2.62. The van der Waals surface area contributed by atoms with Gasteiger partial charge in [0.15, 0.2) is 5.71 Å². The molecule has 1 saturated heterocycles. The van der Waals surface area contributed by atoms with Gasteiger partial charge in [0.1, 0.15) is 12.1 Å². The number of nitrogens with zero attached hydrogens (tertiary/aromatic N) is 2. The van der Waals surface area contributed by atoms with Crippen molar-refractivity contribution in [3.63, 3.8) is 0 Å². The highest BCUT2D eigenvalue weighted by atomic mass is 19.4. The van der Waals surface area contributed by atoms with Gasteiger partial charge in [-0.1, -0.05) is 12.1 Å². The van der Waals surface area contributed by atoms with Crippen molar-refractivity contribution >= 4 is 17.6 Å². The van der Waals surface area contributed by atoms with E-state index in [0.717, 1.165) is 0 Å². The molecule has 2 heterocycles. The lowest BCUT2D eigenvalue weighted by Gasteiger charge is -2.23. The number of carbonyl (C=O) groups is 2. The number of hydrogen-bond acceptors (Lipinski definition) is 6. The maximum atomic E-state index is 13.3. The van der Waals surface area contributed by atoms with E-state index in [1.807, 2.05) is 0 Å². The largest absolute Gasteiger partial charge is 0.465 e. The summed E-state index contributed by atoms with van der Waals surface area (Å²) in [6.45, 7) is 2.44. The Morgan fingerprint density at radius 3 is 2.59 bits per heavy atom. The molecule has 1 aromatic rings. The Morgan fingerprint density at radius 2 is 2.00 bits per heavy atom. The molecule has 0 saturated carbocycles. The molecule has 2 aliphatic rings. The van der Waals surface area contributed by atoms with Gasteiger partial charge < -0.3 is 10.1 Å². The van der Waals surface area contributed by atoms with Crippen molar-refractivity contribution in [1.82, 2.24) is 15.6 Å². The SMILES string of the molecule is COC(=O)c1ccc([C@H](C)NC(=O)C2C(C(F)(F)F)=NN3CCNC23)cc1. The molecule has 1 aromatic carbocycles. The number of nitrogens with one attached hydrogen (secondary N) is 2. The molecule has 2 unspecified atom stereocenters. The second-order valence-electron chi connectivity index (χ2n) is 6.37. The molecule has 0 spiro atoms. The highest BCUT2D eigenvalue weighted by molar-refractivity contribution is 6.08. The summed E-state index contributed by atoms with van der Waals surface area (Å²) in [5, 5.41) is 10.4. The number of benzene rings is 1. The summed E-state index contributed by atoms with van der Waals surface area (Å²) >= 11 is 0. The van der Waals surface area contributed by atoms with E-state index in [0.29, 0.717) is 24.2 Å². The van der Waals surface area contributed by atoms with Crippen LogP contribution in [-0.4, -0.2) is 55.1 Å². The summed E-state index contributed by atoms with van der Waals surface area (Å²) < 4.78 is 44.5. The first-order chi connectivity index (χ1) is 12.7. The van der Waals surface area contributed by atoms with E-state index in [-0.39, 0.29) is 0 Å². The fourth-order valence-electron chi connectivity index (χ4n) is 3.24. The van der Waals surface area contributed by atoms with Crippen LogP contribution in [0.15, 0.2) is 29.4 Å². The number of hydrazone groups is 1. The molecule has 1 fully saturated rings. The van der Waals surface area contributed by atoms with E-state index in [2.05, 4.69) is 20.5 Å². The number of esters is 1. The van der Waals surface area contributed by atoms with E-state index >= 15 is 0 Å². The van der Waals surface area contributed by atoms with Crippen LogP contribution in [0.1, 0.15) is 28.9 Å². The van der Waals surface area contributed by atoms with Crippen LogP contribution in [-0.2, 0) is 9.53 Å². The molecular weight excluding hydrogens is 365 g/mol. The first-order valence-electron chi connectivity index (χ1n) is 8.36. The van der Waals surface area contributed by atoms with Crippen LogP contribution < -0.4 is 10.6 Å². The van der Waals surface area contributed by atoms with E-state index in [4.69, 9.17) is 0 Å². The normalized spacial score (nSPS) is 22.9. The molecule has 2 aliphatic heterocycles. The number of fused-ring (bicyclic) bond motifs is 1. The van der Waals surface area contributed by atoms with Gasteiger partial charge in [-0.25, -0.2) is 4.79 Å². The molecule has 10 heteroatoms. The lowest BCUT2D eigenvalue weighted by molar-refractivity contribution is -0.126. The molecule has 0 aliphatic carbocycles. The van der Waals surface area contributed by atoms with Gasteiger partial charge in [0.05, 0.1) is 25.3 Å². The fraction of sp³-hybridized carbons (Fsp3) is 0.471. The minimum absolute atomic E-state index is 0.318. The highest BCUT2D eigenvalue weighted by Crippen LogP contribution is 2.33. The summed E-state index contributed by atoms with van der Waals surface area (Å²) in [6.07, 6.45) is -5.48. The zero-order valence-electron chi connectivity index (χ0n) is 14.7. The Balaban J connectivity index is 1.73. The first kappa shape index (κ1) is 19.2. The van der Waals surface area contributed by atoms with Crippen LogP contribution in [0.3, 0.4) is 0 Å². The molecule has 3 rings (SSSR count). The van der Waals surface area contributed by atoms with Crippen molar-refractivity contribution in [2.24, 2.45) is 11.0 Å².